The van der Waals surface area contributed by atoms with Gasteiger partial charge in [0, 0.05) is 11.1 Å². The number of benzene rings is 1. The lowest BCUT2D eigenvalue weighted by Crippen LogP contribution is -2.32. The Balaban J connectivity index is 2.32. The molecule has 88 valence electrons. The number of aliphatic carboxylic acids is 1. The minimum atomic E-state index is -0.980. The van der Waals surface area contributed by atoms with Crippen LogP contribution in [0.3, 0.4) is 0 Å². The summed E-state index contributed by atoms with van der Waals surface area (Å²) >= 11 is 0. The Bertz CT molecular complexity index is 566. The van der Waals surface area contributed by atoms with Gasteiger partial charge in [-0.1, -0.05) is 12.1 Å². The second kappa shape index (κ2) is 4.51. The van der Waals surface area contributed by atoms with Crippen molar-refractivity contribution in [2.24, 2.45) is 5.73 Å². The Morgan fingerprint density at radius 3 is 2.88 bits per heavy atom. The van der Waals surface area contributed by atoms with Gasteiger partial charge < -0.3 is 10.8 Å². The van der Waals surface area contributed by atoms with Gasteiger partial charge in [-0.05, 0) is 37.1 Å². The largest absolute Gasteiger partial charge is 0.480 e. The molecule has 0 fully saturated rings. The number of pyridine rings is 1. The Kier molecular flexibility index (Phi) is 3.06. The van der Waals surface area contributed by atoms with Crippen molar-refractivity contribution in [3.05, 3.63) is 41.6 Å². The molecule has 1 heterocycles. The van der Waals surface area contributed by atoms with Gasteiger partial charge in [0.1, 0.15) is 6.04 Å². The first-order valence-corrected chi connectivity index (χ1v) is 5.41. The zero-order chi connectivity index (χ0) is 12.4. The van der Waals surface area contributed by atoms with Crippen molar-refractivity contribution in [3.8, 4) is 0 Å². The molecule has 17 heavy (non-hydrogen) atoms. The molecule has 4 heteroatoms. The van der Waals surface area contributed by atoms with Crippen molar-refractivity contribution in [1.29, 1.82) is 0 Å². The summed E-state index contributed by atoms with van der Waals surface area (Å²) in [5.41, 5.74) is 8.30. The van der Waals surface area contributed by atoms with E-state index >= 15 is 0 Å². The molecule has 4 nitrogen and oxygen atoms in total. The van der Waals surface area contributed by atoms with Gasteiger partial charge in [0.2, 0.25) is 0 Å². The van der Waals surface area contributed by atoms with Crippen LogP contribution < -0.4 is 5.73 Å². The molecule has 0 bridgehead atoms. The van der Waals surface area contributed by atoms with Gasteiger partial charge >= 0.3 is 5.97 Å². The molecule has 2 rings (SSSR count). The fraction of sp³-hybridized carbons (Fsp3) is 0.231. The Labute approximate surface area is 99.1 Å². The zero-order valence-electron chi connectivity index (χ0n) is 9.55. The van der Waals surface area contributed by atoms with Gasteiger partial charge in [-0.25, -0.2) is 0 Å². The van der Waals surface area contributed by atoms with Gasteiger partial charge in [0.05, 0.1) is 5.52 Å². The van der Waals surface area contributed by atoms with E-state index in [4.69, 9.17) is 10.8 Å². The van der Waals surface area contributed by atoms with E-state index in [2.05, 4.69) is 4.98 Å². The summed E-state index contributed by atoms with van der Waals surface area (Å²) in [6, 6.07) is 8.76. The lowest BCUT2D eigenvalue weighted by atomic mass is 10.0. The van der Waals surface area contributed by atoms with Crippen LogP contribution in [0.25, 0.3) is 10.9 Å². The van der Waals surface area contributed by atoms with Crippen LogP contribution in [0.4, 0.5) is 0 Å². The first-order valence-electron chi connectivity index (χ1n) is 5.41. The third-order valence-electron chi connectivity index (χ3n) is 2.67. The predicted octanol–water partition coefficient (Wildman–Crippen LogP) is 1.50. The lowest BCUT2D eigenvalue weighted by molar-refractivity contribution is -0.138. The Morgan fingerprint density at radius 1 is 1.41 bits per heavy atom. The summed E-state index contributed by atoms with van der Waals surface area (Å²) < 4.78 is 0. The second-order valence-corrected chi connectivity index (χ2v) is 4.13. The molecule has 1 atom stereocenters. The number of rotatable bonds is 3. The number of nitrogens with zero attached hydrogens (tertiary/aromatic N) is 1. The molecule has 2 aromatic rings. The molecular formula is C13H14N2O2. The number of hydrogen-bond donors (Lipinski definition) is 2. The van der Waals surface area contributed by atoms with Crippen molar-refractivity contribution >= 4 is 16.9 Å². The van der Waals surface area contributed by atoms with E-state index in [1.165, 1.54) is 0 Å². The smallest absolute Gasteiger partial charge is 0.320 e. The topological polar surface area (TPSA) is 76.2 Å². The van der Waals surface area contributed by atoms with E-state index < -0.39 is 12.0 Å². The van der Waals surface area contributed by atoms with Gasteiger partial charge in [0.25, 0.3) is 0 Å². The highest BCUT2D eigenvalue weighted by Crippen LogP contribution is 2.15. The van der Waals surface area contributed by atoms with E-state index in [0.29, 0.717) is 6.42 Å². The highest BCUT2D eigenvalue weighted by Gasteiger charge is 2.12. The molecular weight excluding hydrogens is 216 g/mol. The molecule has 0 saturated carbocycles. The molecule has 0 aliphatic heterocycles. The average molecular weight is 230 g/mol. The minimum absolute atomic E-state index is 0.332. The molecule has 0 radical (unpaired) electrons. The number of fused-ring (bicyclic) bond motifs is 1. The van der Waals surface area contributed by atoms with Crippen LogP contribution in [0.5, 0.6) is 0 Å². The van der Waals surface area contributed by atoms with Crippen LogP contribution in [0.2, 0.25) is 0 Å². The number of carboxylic acid groups (broad SMARTS) is 1. The first kappa shape index (κ1) is 11.5. The SMILES string of the molecule is Cc1ccc2cc(CC(N)C(=O)O)ccc2n1. The highest BCUT2D eigenvalue weighted by molar-refractivity contribution is 5.80. The maximum atomic E-state index is 10.7. The number of hydrogen-bond acceptors (Lipinski definition) is 3. The van der Waals surface area contributed by atoms with Crippen LogP contribution in [0.15, 0.2) is 30.3 Å². The molecule has 0 aliphatic rings. The molecule has 1 aromatic heterocycles. The molecule has 1 unspecified atom stereocenters. The van der Waals surface area contributed by atoms with E-state index in [9.17, 15) is 4.79 Å². The van der Waals surface area contributed by atoms with Crippen molar-refractivity contribution in [2.45, 2.75) is 19.4 Å². The third-order valence-corrected chi connectivity index (χ3v) is 2.67. The van der Waals surface area contributed by atoms with Crippen LogP contribution in [-0.4, -0.2) is 22.1 Å². The monoisotopic (exact) mass is 230 g/mol. The molecule has 0 amide bonds. The van der Waals surface area contributed by atoms with Gasteiger partial charge in [0.15, 0.2) is 0 Å². The quantitative estimate of drug-likeness (QED) is 0.837. The molecule has 0 spiro atoms. The van der Waals surface area contributed by atoms with Crippen LogP contribution in [-0.2, 0) is 11.2 Å². The van der Waals surface area contributed by atoms with Crippen LogP contribution in [0, 0.1) is 6.92 Å². The fourth-order valence-corrected chi connectivity index (χ4v) is 1.75. The maximum Gasteiger partial charge on any atom is 0.320 e. The number of carbonyl (C=O) groups is 1. The standard InChI is InChI=1S/C13H14N2O2/c1-8-2-4-10-6-9(3-5-12(10)15-8)7-11(14)13(16)17/h2-6,11H,7,14H2,1H3,(H,16,17). The van der Waals surface area contributed by atoms with E-state index in [1.54, 1.807) is 0 Å². The number of aromatic nitrogens is 1. The summed E-state index contributed by atoms with van der Waals surface area (Å²) in [4.78, 5) is 15.1. The van der Waals surface area contributed by atoms with E-state index in [-0.39, 0.29) is 0 Å². The summed E-state index contributed by atoms with van der Waals surface area (Å²) in [6.07, 6.45) is 0.332. The van der Waals surface area contributed by atoms with Crippen molar-refractivity contribution in [2.75, 3.05) is 0 Å². The van der Waals surface area contributed by atoms with Crippen LogP contribution >= 0.6 is 0 Å². The maximum absolute atomic E-state index is 10.7. The fourth-order valence-electron chi connectivity index (χ4n) is 1.75. The van der Waals surface area contributed by atoms with Crippen molar-refractivity contribution in [1.82, 2.24) is 4.98 Å². The van der Waals surface area contributed by atoms with E-state index in [1.807, 2.05) is 37.3 Å². The minimum Gasteiger partial charge on any atom is -0.480 e. The van der Waals surface area contributed by atoms with Gasteiger partial charge in [-0.2, -0.15) is 0 Å². The molecule has 0 aliphatic carbocycles. The molecule has 3 N–H and O–H groups in total. The normalized spacial score (nSPS) is 12.6. The van der Waals surface area contributed by atoms with Crippen molar-refractivity contribution < 1.29 is 9.90 Å². The number of carboxylic acids is 1. The molecule has 0 saturated heterocycles. The van der Waals surface area contributed by atoms with Gasteiger partial charge in [-0.3, -0.25) is 9.78 Å². The van der Waals surface area contributed by atoms with E-state index in [0.717, 1.165) is 22.2 Å². The van der Waals surface area contributed by atoms with Crippen LogP contribution in [0.1, 0.15) is 11.3 Å². The Hall–Kier alpha value is -1.94. The number of nitrogens with two attached hydrogens (primary N) is 1. The first-order chi connectivity index (χ1) is 8.06. The summed E-state index contributed by atoms with van der Waals surface area (Å²) in [5.74, 6) is -0.980. The number of aryl methyl sites for hydroxylation is 1. The summed E-state index contributed by atoms with van der Waals surface area (Å²) in [7, 11) is 0. The average Bonchev–Trinajstić information content (AvgIpc) is 2.29. The third kappa shape index (κ3) is 2.60. The predicted molar refractivity (Wildman–Crippen MR) is 65.8 cm³/mol. The second-order valence-electron chi connectivity index (χ2n) is 4.13. The summed E-state index contributed by atoms with van der Waals surface area (Å²) in [6.45, 7) is 1.94. The molecule has 1 aromatic carbocycles. The lowest BCUT2D eigenvalue weighted by Gasteiger charge is -2.07. The highest BCUT2D eigenvalue weighted by atomic mass is 16.4. The Morgan fingerprint density at radius 2 is 2.18 bits per heavy atom. The van der Waals surface area contributed by atoms with Gasteiger partial charge in [-0.15, -0.1) is 0 Å². The zero-order valence-corrected chi connectivity index (χ0v) is 9.55. The summed E-state index contributed by atoms with van der Waals surface area (Å²) in [5, 5.41) is 9.76. The van der Waals surface area contributed by atoms with Crippen molar-refractivity contribution in [3.63, 3.8) is 0 Å².